The average molecular weight is 327 g/mol. The summed E-state index contributed by atoms with van der Waals surface area (Å²) >= 11 is 6.43. The standard InChI is InChI=1S/C19H17ClN2O/c20-17-11-15-12-22(10-8-14-5-2-1-3-6-14)13-23-19(15)18-16(17)7-4-9-21-18/h1-7,9,11H,8,10,12-13H2/p+2. The molecule has 0 saturated carbocycles. The van der Waals surface area contributed by atoms with Crippen molar-refractivity contribution in [1.82, 2.24) is 0 Å². The highest BCUT2D eigenvalue weighted by Crippen LogP contribution is 2.32. The zero-order chi connectivity index (χ0) is 15.6. The molecule has 0 amide bonds. The van der Waals surface area contributed by atoms with Crippen LogP contribution in [0, 0.1) is 0 Å². The molecule has 2 aromatic carbocycles. The van der Waals surface area contributed by atoms with Gasteiger partial charge in [-0.05, 0) is 17.7 Å². The maximum absolute atomic E-state index is 6.43. The summed E-state index contributed by atoms with van der Waals surface area (Å²) in [6, 6.07) is 16.6. The lowest BCUT2D eigenvalue weighted by molar-refractivity contribution is -0.932. The Labute approximate surface area is 140 Å². The van der Waals surface area contributed by atoms with E-state index in [-0.39, 0.29) is 0 Å². The van der Waals surface area contributed by atoms with Gasteiger partial charge in [0.1, 0.15) is 6.54 Å². The smallest absolute Gasteiger partial charge is 0.255 e. The van der Waals surface area contributed by atoms with Crippen molar-refractivity contribution in [2.45, 2.75) is 13.0 Å². The van der Waals surface area contributed by atoms with Crippen LogP contribution in [0.25, 0.3) is 10.9 Å². The topological polar surface area (TPSA) is 27.8 Å². The molecule has 0 bridgehead atoms. The van der Waals surface area contributed by atoms with E-state index >= 15 is 0 Å². The number of ether oxygens (including phenoxy) is 1. The SMILES string of the molecule is Clc1cc2c(c3[nH+]cccc13)OC[NH+](CCc1ccccc1)C2. The summed E-state index contributed by atoms with van der Waals surface area (Å²) in [5, 5.41) is 1.80. The highest BCUT2D eigenvalue weighted by molar-refractivity contribution is 6.35. The normalized spacial score (nSPS) is 16.8. The summed E-state index contributed by atoms with van der Waals surface area (Å²) in [4.78, 5) is 4.70. The van der Waals surface area contributed by atoms with Crippen molar-refractivity contribution in [3.05, 3.63) is 70.9 Å². The van der Waals surface area contributed by atoms with Crippen LogP contribution in [0.5, 0.6) is 5.75 Å². The highest BCUT2D eigenvalue weighted by Gasteiger charge is 2.26. The van der Waals surface area contributed by atoms with Gasteiger partial charge < -0.3 is 4.74 Å². The number of nitrogens with one attached hydrogen (secondary N) is 2. The molecule has 0 saturated heterocycles. The molecular weight excluding hydrogens is 308 g/mol. The van der Waals surface area contributed by atoms with Crippen LogP contribution >= 0.6 is 11.6 Å². The maximum atomic E-state index is 6.43. The lowest BCUT2D eigenvalue weighted by atomic mass is 10.1. The van der Waals surface area contributed by atoms with Crippen LogP contribution in [0.3, 0.4) is 0 Å². The Kier molecular flexibility index (Phi) is 3.90. The van der Waals surface area contributed by atoms with Gasteiger partial charge in [0, 0.05) is 12.5 Å². The Morgan fingerprint density at radius 2 is 2.00 bits per heavy atom. The van der Waals surface area contributed by atoms with E-state index < -0.39 is 0 Å². The Morgan fingerprint density at radius 3 is 2.87 bits per heavy atom. The van der Waals surface area contributed by atoms with Crippen molar-refractivity contribution in [3.8, 4) is 5.75 Å². The van der Waals surface area contributed by atoms with Gasteiger partial charge in [-0.3, -0.25) is 4.90 Å². The molecule has 1 atom stereocenters. The molecule has 0 spiro atoms. The van der Waals surface area contributed by atoms with Crippen LogP contribution in [0.2, 0.25) is 5.02 Å². The summed E-state index contributed by atoms with van der Waals surface area (Å²) in [6.45, 7) is 2.69. The number of quaternary nitrogens is 1. The van der Waals surface area contributed by atoms with Gasteiger partial charge in [0.2, 0.25) is 12.5 Å². The second-order valence-electron chi connectivity index (χ2n) is 6.01. The van der Waals surface area contributed by atoms with Crippen LogP contribution in [0.15, 0.2) is 54.7 Å². The van der Waals surface area contributed by atoms with E-state index in [1.54, 1.807) is 0 Å². The molecule has 2 N–H and O–H groups in total. The monoisotopic (exact) mass is 326 g/mol. The molecule has 4 heteroatoms. The molecule has 3 nitrogen and oxygen atoms in total. The fourth-order valence-corrected chi connectivity index (χ4v) is 3.49. The first kappa shape index (κ1) is 14.5. The van der Waals surface area contributed by atoms with Crippen LogP contribution in [0.4, 0.5) is 0 Å². The van der Waals surface area contributed by atoms with Gasteiger partial charge in [-0.15, -0.1) is 0 Å². The molecule has 1 unspecified atom stereocenters. The van der Waals surface area contributed by atoms with Gasteiger partial charge in [0.25, 0.3) is 5.52 Å². The van der Waals surface area contributed by atoms with Crippen LogP contribution in [0.1, 0.15) is 11.1 Å². The van der Waals surface area contributed by atoms with Crippen molar-refractivity contribution in [3.63, 3.8) is 0 Å². The third-order valence-electron chi connectivity index (χ3n) is 4.40. The van der Waals surface area contributed by atoms with Gasteiger partial charge >= 0.3 is 0 Å². The van der Waals surface area contributed by atoms with Crippen LogP contribution in [-0.4, -0.2) is 13.3 Å². The van der Waals surface area contributed by atoms with Crippen molar-refractivity contribution >= 4 is 22.5 Å². The second-order valence-corrected chi connectivity index (χ2v) is 6.41. The van der Waals surface area contributed by atoms with E-state index in [0.717, 1.165) is 41.2 Å². The number of hydrogen-bond acceptors (Lipinski definition) is 1. The van der Waals surface area contributed by atoms with Gasteiger partial charge in [0.15, 0.2) is 6.20 Å². The molecule has 0 fully saturated rings. The predicted molar refractivity (Wildman–Crippen MR) is 90.7 cm³/mol. The molecule has 1 aliphatic rings. The van der Waals surface area contributed by atoms with Crippen LogP contribution in [-0.2, 0) is 13.0 Å². The third-order valence-corrected chi connectivity index (χ3v) is 4.72. The molecule has 0 aliphatic carbocycles. The molecule has 0 radical (unpaired) electrons. The number of aromatic amines is 1. The first-order chi connectivity index (χ1) is 11.3. The summed E-state index contributed by atoms with van der Waals surface area (Å²) < 4.78 is 6.07. The van der Waals surface area contributed by atoms with Gasteiger partial charge in [0.05, 0.1) is 22.5 Å². The number of rotatable bonds is 3. The first-order valence-electron chi connectivity index (χ1n) is 7.93. The summed E-state index contributed by atoms with van der Waals surface area (Å²) in [5.41, 5.74) is 3.55. The summed E-state index contributed by atoms with van der Waals surface area (Å²) in [5.74, 6) is 0.952. The lowest BCUT2D eigenvalue weighted by Gasteiger charge is -2.26. The first-order valence-corrected chi connectivity index (χ1v) is 8.31. The molecule has 23 heavy (non-hydrogen) atoms. The molecule has 2 heterocycles. The Bertz CT molecular complexity index is 835. The van der Waals surface area contributed by atoms with Crippen LogP contribution < -0.4 is 14.6 Å². The largest absolute Gasteiger partial charge is 0.438 e. The number of pyridine rings is 1. The van der Waals surface area contributed by atoms with E-state index in [2.05, 4.69) is 41.4 Å². The van der Waals surface area contributed by atoms with E-state index in [9.17, 15) is 0 Å². The van der Waals surface area contributed by atoms with Crippen molar-refractivity contribution in [1.29, 1.82) is 0 Å². The molecule has 4 rings (SSSR count). The molecule has 3 aromatic rings. The minimum atomic E-state index is 0.694. The quantitative estimate of drug-likeness (QED) is 0.786. The van der Waals surface area contributed by atoms with E-state index in [0.29, 0.717) is 6.73 Å². The van der Waals surface area contributed by atoms with E-state index in [4.69, 9.17) is 16.3 Å². The van der Waals surface area contributed by atoms with E-state index in [1.165, 1.54) is 16.0 Å². The highest BCUT2D eigenvalue weighted by atomic mass is 35.5. The number of aromatic nitrogens is 1. The Hall–Kier alpha value is -2.10. The zero-order valence-corrected chi connectivity index (χ0v) is 13.6. The zero-order valence-electron chi connectivity index (χ0n) is 12.8. The molecule has 1 aliphatic heterocycles. The van der Waals surface area contributed by atoms with E-state index in [1.807, 2.05) is 18.3 Å². The minimum absolute atomic E-state index is 0.694. The molecule has 1 aromatic heterocycles. The fraction of sp³-hybridized carbons (Fsp3) is 0.211. The maximum Gasteiger partial charge on any atom is 0.255 e. The minimum Gasteiger partial charge on any atom is -0.438 e. The number of benzene rings is 2. The summed E-state index contributed by atoms with van der Waals surface area (Å²) in [7, 11) is 0. The number of halogens is 1. The van der Waals surface area contributed by atoms with Gasteiger partial charge in [-0.2, -0.15) is 0 Å². The number of fused-ring (bicyclic) bond motifs is 3. The number of hydrogen-bond donors (Lipinski definition) is 1. The molecule has 116 valence electrons. The van der Waals surface area contributed by atoms with Crippen molar-refractivity contribution < 1.29 is 14.6 Å². The Morgan fingerprint density at radius 1 is 1.13 bits per heavy atom. The third kappa shape index (κ3) is 2.90. The average Bonchev–Trinajstić information content (AvgIpc) is 2.61. The van der Waals surface area contributed by atoms with Gasteiger partial charge in [-0.25, -0.2) is 4.98 Å². The molecular formula is C19H19ClN2O+2. The fourth-order valence-electron chi connectivity index (χ4n) is 3.20. The van der Waals surface area contributed by atoms with Gasteiger partial charge in [-0.1, -0.05) is 41.9 Å². The van der Waals surface area contributed by atoms with Crippen molar-refractivity contribution in [2.24, 2.45) is 0 Å². The summed E-state index contributed by atoms with van der Waals surface area (Å²) in [6.07, 6.45) is 2.97. The second kappa shape index (κ2) is 6.19. The number of H-pyrrole nitrogens is 1. The van der Waals surface area contributed by atoms with Crippen molar-refractivity contribution in [2.75, 3.05) is 13.3 Å². The lowest BCUT2D eigenvalue weighted by Crippen LogP contribution is -3.12. The predicted octanol–water partition coefficient (Wildman–Crippen LogP) is 2.28. The Balaban J connectivity index is 1.55.